The lowest BCUT2D eigenvalue weighted by molar-refractivity contribution is 1.81. The van der Waals surface area contributed by atoms with Gasteiger partial charge in [-0.3, -0.25) is 0 Å². The van der Waals surface area contributed by atoms with Crippen molar-refractivity contribution >= 4 is 53.6 Å². The molecule has 3 aromatic carbocycles. The molecule has 0 aliphatic heterocycles. The van der Waals surface area contributed by atoms with E-state index < -0.39 is 0 Å². The van der Waals surface area contributed by atoms with Gasteiger partial charge in [0, 0.05) is 30.6 Å². The number of hydrogen-bond acceptors (Lipinski definition) is 2. The van der Waals surface area contributed by atoms with Crippen LogP contribution in [0.5, 0.6) is 0 Å². The van der Waals surface area contributed by atoms with Gasteiger partial charge in [0.1, 0.15) is 0 Å². The zero-order chi connectivity index (χ0) is 14.5. The predicted octanol–water partition coefficient (Wildman–Crippen LogP) is 6.94. The van der Waals surface area contributed by atoms with Crippen LogP contribution in [-0.4, -0.2) is 0 Å². The second-order valence-corrected chi connectivity index (χ2v) is 7.42. The Bertz CT molecular complexity index is 1110. The molecule has 5 aromatic rings. The van der Waals surface area contributed by atoms with Crippen LogP contribution >= 0.6 is 22.7 Å². The van der Waals surface area contributed by atoms with Crippen LogP contribution in [0.4, 0.5) is 0 Å². The quantitative estimate of drug-likeness (QED) is 0.314. The molecule has 2 aromatic heterocycles. The first kappa shape index (κ1) is 12.4. The molecule has 0 saturated heterocycles. The third-order valence-corrected chi connectivity index (χ3v) is 6.28. The molecule has 2 heterocycles. The minimum Gasteiger partial charge on any atom is -0.144 e. The Labute approximate surface area is 136 Å². The van der Waals surface area contributed by atoms with E-state index in [4.69, 9.17) is 0 Å². The Balaban J connectivity index is 2.00. The average molecular weight is 316 g/mol. The maximum atomic E-state index is 2.29. The number of benzene rings is 3. The molecule has 0 N–H and O–H groups in total. The van der Waals surface area contributed by atoms with Gasteiger partial charge in [0.05, 0.1) is 0 Å². The van der Waals surface area contributed by atoms with Gasteiger partial charge in [0.15, 0.2) is 0 Å². The summed E-state index contributed by atoms with van der Waals surface area (Å²) in [5.41, 5.74) is 1.36. The van der Waals surface area contributed by atoms with Crippen molar-refractivity contribution in [3.8, 4) is 10.4 Å². The topological polar surface area (TPSA) is 0 Å². The van der Waals surface area contributed by atoms with Gasteiger partial charge in [0.2, 0.25) is 0 Å². The molecule has 0 nitrogen and oxygen atoms in total. The summed E-state index contributed by atoms with van der Waals surface area (Å²) in [4.78, 5) is 1.35. The van der Waals surface area contributed by atoms with Crippen molar-refractivity contribution < 1.29 is 0 Å². The third-order valence-electron chi connectivity index (χ3n) is 4.17. The van der Waals surface area contributed by atoms with Crippen LogP contribution in [-0.2, 0) is 0 Å². The van der Waals surface area contributed by atoms with E-state index in [1.807, 2.05) is 22.7 Å². The molecule has 0 aliphatic carbocycles. The van der Waals surface area contributed by atoms with Crippen molar-refractivity contribution in [3.05, 3.63) is 72.1 Å². The monoisotopic (exact) mass is 316 g/mol. The van der Waals surface area contributed by atoms with E-state index in [1.54, 1.807) is 0 Å². The fraction of sp³-hybridized carbons (Fsp3) is 0. The van der Waals surface area contributed by atoms with E-state index in [1.165, 1.54) is 41.4 Å². The van der Waals surface area contributed by atoms with Gasteiger partial charge in [-0.2, -0.15) is 0 Å². The highest BCUT2D eigenvalue weighted by atomic mass is 32.1. The van der Waals surface area contributed by atoms with Crippen LogP contribution < -0.4 is 0 Å². The highest BCUT2D eigenvalue weighted by molar-refractivity contribution is 7.27. The summed E-state index contributed by atoms with van der Waals surface area (Å²) < 4.78 is 2.77. The summed E-state index contributed by atoms with van der Waals surface area (Å²) in [5, 5.41) is 7.61. The zero-order valence-corrected chi connectivity index (χ0v) is 13.4. The second kappa shape index (κ2) is 4.67. The lowest BCUT2D eigenvalue weighted by Crippen LogP contribution is -1.76. The van der Waals surface area contributed by atoms with Gasteiger partial charge < -0.3 is 0 Å². The lowest BCUT2D eigenvalue weighted by Gasteiger charge is -2.02. The Hall–Kier alpha value is -2.16. The van der Waals surface area contributed by atoms with Crippen molar-refractivity contribution in [2.45, 2.75) is 0 Å². The van der Waals surface area contributed by atoms with Gasteiger partial charge >= 0.3 is 0 Å². The van der Waals surface area contributed by atoms with Gasteiger partial charge in [-0.15, -0.1) is 22.7 Å². The molecule has 2 heteroatoms. The van der Waals surface area contributed by atoms with E-state index in [2.05, 4.69) is 72.1 Å². The summed E-state index contributed by atoms with van der Waals surface area (Å²) in [7, 11) is 0. The highest BCUT2D eigenvalue weighted by Gasteiger charge is 2.12. The van der Waals surface area contributed by atoms with Crippen LogP contribution in [0.3, 0.4) is 0 Å². The fourth-order valence-corrected chi connectivity index (χ4v) is 5.21. The fourth-order valence-electron chi connectivity index (χ4n) is 3.19. The molecular weight excluding hydrogens is 304 g/mol. The SMILES string of the molecule is c1csc(-c2cccc3sc4c5ccccc5ccc4c23)c1. The van der Waals surface area contributed by atoms with E-state index in [0.29, 0.717) is 0 Å². The minimum atomic E-state index is 1.32. The number of hydrogen-bond donors (Lipinski definition) is 0. The van der Waals surface area contributed by atoms with Gasteiger partial charge in [-0.05, 0) is 28.3 Å². The van der Waals surface area contributed by atoms with Crippen LogP contribution in [0, 0.1) is 0 Å². The molecular formula is C20H12S2. The Morgan fingerprint density at radius 1 is 0.682 bits per heavy atom. The highest BCUT2D eigenvalue weighted by Crippen LogP contribution is 2.43. The average Bonchev–Trinajstić information content (AvgIpc) is 3.22. The molecule has 0 unspecified atom stereocenters. The molecule has 0 amide bonds. The Morgan fingerprint density at radius 2 is 1.64 bits per heavy atom. The maximum Gasteiger partial charge on any atom is 0.0434 e. The van der Waals surface area contributed by atoms with Crippen LogP contribution in [0.15, 0.2) is 72.1 Å². The van der Waals surface area contributed by atoms with Gasteiger partial charge in [-0.1, -0.05) is 54.6 Å². The summed E-state index contributed by atoms with van der Waals surface area (Å²) in [6.07, 6.45) is 0. The first-order valence-corrected chi connectivity index (χ1v) is 8.98. The van der Waals surface area contributed by atoms with Crippen molar-refractivity contribution in [3.63, 3.8) is 0 Å². The molecule has 5 rings (SSSR count). The van der Waals surface area contributed by atoms with Crippen LogP contribution in [0.1, 0.15) is 0 Å². The number of rotatable bonds is 1. The van der Waals surface area contributed by atoms with Crippen molar-refractivity contribution in [1.82, 2.24) is 0 Å². The van der Waals surface area contributed by atoms with E-state index in [0.717, 1.165) is 0 Å². The molecule has 22 heavy (non-hydrogen) atoms. The molecule has 0 radical (unpaired) electrons. The van der Waals surface area contributed by atoms with Gasteiger partial charge in [-0.25, -0.2) is 0 Å². The zero-order valence-electron chi connectivity index (χ0n) is 11.7. The van der Waals surface area contributed by atoms with Crippen molar-refractivity contribution in [1.29, 1.82) is 0 Å². The van der Waals surface area contributed by atoms with Crippen molar-refractivity contribution in [2.75, 3.05) is 0 Å². The Morgan fingerprint density at radius 3 is 2.55 bits per heavy atom. The molecule has 0 saturated carbocycles. The summed E-state index contributed by atoms with van der Waals surface area (Å²) in [6.45, 7) is 0. The molecule has 104 valence electrons. The Kier molecular flexibility index (Phi) is 2.63. The molecule has 0 aliphatic rings. The van der Waals surface area contributed by atoms with E-state index in [9.17, 15) is 0 Å². The normalized spacial score (nSPS) is 11.6. The standard InChI is InChI=1S/C20H12S2/c1-2-6-14-13(5-1)10-11-16-19-15(17-9-4-12-21-17)7-3-8-18(19)22-20(14)16/h1-12H. The summed E-state index contributed by atoms with van der Waals surface area (Å²) in [5.74, 6) is 0. The first-order chi connectivity index (χ1) is 10.9. The summed E-state index contributed by atoms with van der Waals surface area (Å²) in [6, 6.07) is 24.2. The third kappa shape index (κ3) is 1.68. The van der Waals surface area contributed by atoms with E-state index in [-0.39, 0.29) is 0 Å². The lowest BCUT2D eigenvalue weighted by atomic mass is 10.0. The smallest absolute Gasteiger partial charge is 0.0434 e. The van der Waals surface area contributed by atoms with Crippen LogP contribution in [0.2, 0.25) is 0 Å². The van der Waals surface area contributed by atoms with Gasteiger partial charge in [0.25, 0.3) is 0 Å². The number of thiophene rings is 2. The van der Waals surface area contributed by atoms with Crippen LogP contribution in [0.25, 0.3) is 41.4 Å². The number of fused-ring (bicyclic) bond motifs is 5. The molecule has 0 fully saturated rings. The predicted molar refractivity (Wildman–Crippen MR) is 100 cm³/mol. The molecule has 0 bridgehead atoms. The molecule has 0 spiro atoms. The largest absolute Gasteiger partial charge is 0.144 e. The first-order valence-electron chi connectivity index (χ1n) is 7.29. The summed E-state index contributed by atoms with van der Waals surface area (Å²) >= 11 is 3.72. The van der Waals surface area contributed by atoms with E-state index >= 15 is 0 Å². The minimum absolute atomic E-state index is 1.32. The second-order valence-electron chi connectivity index (χ2n) is 5.42. The van der Waals surface area contributed by atoms with Crippen molar-refractivity contribution in [2.24, 2.45) is 0 Å². The maximum absolute atomic E-state index is 2.29. The molecule has 0 atom stereocenters.